The largest absolute Gasteiger partial charge is 0.480 e. The van der Waals surface area contributed by atoms with Gasteiger partial charge in [0, 0.05) is 29.6 Å². The van der Waals surface area contributed by atoms with Crippen molar-refractivity contribution in [1.29, 1.82) is 0 Å². The van der Waals surface area contributed by atoms with Crippen molar-refractivity contribution >= 4 is 22.8 Å². The monoisotopic (exact) mass is 286 g/mol. The average Bonchev–Trinajstić information content (AvgIpc) is 2.80. The van der Waals surface area contributed by atoms with Crippen molar-refractivity contribution in [3.63, 3.8) is 0 Å². The fraction of sp³-hybridized carbons (Fsp3) is 0.250. The van der Waals surface area contributed by atoms with Crippen molar-refractivity contribution in [2.45, 2.75) is 26.3 Å². The van der Waals surface area contributed by atoms with Gasteiger partial charge in [-0.25, -0.2) is 4.79 Å². The summed E-state index contributed by atoms with van der Waals surface area (Å²) >= 11 is 0. The number of allylic oxidation sites excluding steroid dienone is 1. The van der Waals surface area contributed by atoms with E-state index in [1.807, 2.05) is 24.3 Å². The second kappa shape index (κ2) is 6.26. The third kappa shape index (κ3) is 3.72. The lowest BCUT2D eigenvalue weighted by Crippen LogP contribution is -2.41. The molecule has 1 amide bonds. The Labute approximate surface area is 122 Å². The fourth-order valence-electron chi connectivity index (χ4n) is 2.20. The Morgan fingerprint density at radius 1 is 1.33 bits per heavy atom. The Balaban J connectivity index is 2.19. The van der Waals surface area contributed by atoms with E-state index in [0.717, 1.165) is 22.0 Å². The van der Waals surface area contributed by atoms with Gasteiger partial charge in [0.1, 0.15) is 6.04 Å². The number of aromatic nitrogens is 1. The molecule has 0 spiro atoms. The SMILES string of the molecule is CC(C)=CC(=O)N[C@@H](Cc1c[nH]c2ccccc12)C(=O)O. The lowest BCUT2D eigenvalue weighted by atomic mass is 10.0. The lowest BCUT2D eigenvalue weighted by Gasteiger charge is -2.13. The minimum Gasteiger partial charge on any atom is -0.480 e. The second-order valence-electron chi connectivity index (χ2n) is 5.18. The van der Waals surface area contributed by atoms with Crippen LogP contribution in [0.3, 0.4) is 0 Å². The Hall–Kier alpha value is -2.56. The van der Waals surface area contributed by atoms with Crippen LogP contribution < -0.4 is 5.32 Å². The van der Waals surface area contributed by atoms with Gasteiger partial charge >= 0.3 is 5.97 Å². The Morgan fingerprint density at radius 2 is 2.05 bits per heavy atom. The topological polar surface area (TPSA) is 82.2 Å². The molecule has 1 heterocycles. The number of hydrogen-bond acceptors (Lipinski definition) is 2. The van der Waals surface area contributed by atoms with Gasteiger partial charge in [-0.1, -0.05) is 23.8 Å². The summed E-state index contributed by atoms with van der Waals surface area (Å²) in [5, 5.41) is 12.8. The average molecular weight is 286 g/mol. The van der Waals surface area contributed by atoms with Crippen molar-refractivity contribution in [3.8, 4) is 0 Å². The normalized spacial score (nSPS) is 11.9. The van der Waals surface area contributed by atoms with Gasteiger partial charge in [-0.15, -0.1) is 0 Å². The molecule has 0 radical (unpaired) electrons. The predicted octanol–water partition coefficient (Wildman–Crippen LogP) is 2.25. The Kier molecular flexibility index (Phi) is 4.42. The van der Waals surface area contributed by atoms with E-state index in [2.05, 4.69) is 10.3 Å². The van der Waals surface area contributed by atoms with Gasteiger partial charge in [0.15, 0.2) is 0 Å². The summed E-state index contributed by atoms with van der Waals surface area (Å²) in [5.41, 5.74) is 2.64. The molecule has 0 saturated heterocycles. The molecular formula is C16H18N2O3. The highest BCUT2D eigenvalue weighted by molar-refractivity contribution is 5.92. The molecule has 2 aromatic rings. The molecule has 110 valence electrons. The third-order valence-electron chi connectivity index (χ3n) is 3.13. The van der Waals surface area contributed by atoms with Gasteiger partial charge in [-0.3, -0.25) is 4.79 Å². The summed E-state index contributed by atoms with van der Waals surface area (Å²) in [5.74, 6) is -1.43. The summed E-state index contributed by atoms with van der Waals surface area (Å²) in [7, 11) is 0. The number of carbonyl (C=O) groups is 2. The molecule has 5 nitrogen and oxygen atoms in total. The van der Waals surface area contributed by atoms with Crippen LogP contribution in [0.5, 0.6) is 0 Å². The second-order valence-corrected chi connectivity index (χ2v) is 5.18. The maximum Gasteiger partial charge on any atom is 0.326 e. The fourth-order valence-corrected chi connectivity index (χ4v) is 2.20. The van der Waals surface area contributed by atoms with Crippen LogP contribution in [-0.4, -0.2) is 28.0 Å². The van der Waals surface area contributed by atoms with E-state index in [1.165, 1.54) is 6.08 Å². The van der Waals surface area contributed by atoms with E-state index in [9.17, 15) is 14.7 Å². The van der Waals surface area contributed by atoms with Gasteiger partial charge in [0.05, 0.1) is 0 Å². The molecule has 0 bridgehead atoms. The molecule has 0 fully saturated rings. The van der Waals surface area contributed by atoms with E-state index in [0.29, 0.717) is 0 Å². The van der Waals surface area contributed by atoms with Crippen molar-refractivity contribution in [2.24, 2.45) is 0 Å². The van der Waals surface area contributed by atoms with E-state index in [-0.39, 0.29) is 12.3 Å². The van der Waals surface area contributed by atoms with Gasteiger partial charge in [0.2, 0.25) is 5.91 Å². The number of carboxylic acids is 1. The number of aromatic amines is 1. The van der Waals surface area contributed by atoms with E-state index in [4.69, 9.17) is 0 Å². The van der Waals surface area contributed by atoms with Gasteiger partial charge in [-0.05, 0) is 25.5 Å². The highest BCUT2D eigenvalue weighted by Crippen LogP contribution is 2.19. The summed E-state index contributed by atoms with van der Waals surface area (Å²) in [6.45, 7) is 3.57. The zero-order chi connectivity index (χ0) is 15.4. The third-order valence-corrected chi connectivity index (χ3v) is 3.13. The van der Waals surface area contributed by atoms with Crippen molar-refractivity contribution < 1.29 is 14.7 Å². The molecule has 5 heteroatoms. The van der Waals surface area contributed by atoms with Crippen LogP contribution in [0.1, 0.15) is 19.4 Å². The maximum absolute atomic E-state index is 11.7. The molecule has 1 aromatic heterocycles. The van der Waals surface area contributed by atoms with Crippen LogP contribution in [0.2, 0.25) is 0 Å². The summed E-state index contributed by atoms with van der Waals surface area (Å²) < 4.78 is 0. The standard InChI is InChI=1S/C16H18N2O3/c1-10(2)7-15(19)18-14(16(20)21)8-11-9-17-13-6-4-3-5-12(11)13/h3-7,9,14,17H,8H2,1-2H3,(H,18,19)(H,20,21)/t14-/m0/s1. The number of para-hydroxylation sites is 1. The smallest absolute Gasteiger partial charge is 0.326 e. The number of aliphatic carboxylic acids is 1. The minimum absolute atomic E-state index is 0.238. The number of carboxylic acid groups (broad SMARTS) is 1. The molecule has 0 aliphatic heterocycles. The van der Waals surface area contributed by atoms with Crippen LogP contribution in [0, 0.1) is 0 Å². The number of H-pyrrole nitrogens is 1. The zero-order valence-electron chi connectivity index (χ0n) is 12.0. The maximum atomic E-state index is 11.7. The number of hydrogen-bond donors (Lipinski definition) is 3. The first-order valence-corrected chi connectivity index (χ1v) is 6.70. The zero-order valence-corrected chi connectivity index (χ0v) is 12.0. The first-order valence-electron chi connectivity index (χ1n) is 6.70. The van der Waals surface area contributed by atoms with Crippen molar-refractivity contribution in [1.82, 2.24) is 10.3 Å². The van der Waals surface area contributed by atoms with E-state index < -0.39 is 12.0 Å². The van der Waals surface area contributed by atoms with Gasteiger partial charge in [-0.2, -0.15) is 0 Å². The van der Waals surface area contributed by atoms with Crippen LogP contribution in [0.4, 0.5) is 0 Å². The number of fused-ring (bicyclic) bond motifs is 1. The van der Waals surface area contributed by atoms with E-state index >= 15 is 0 Å². The Bertz CT molecular complexity index is 696. The summed E-state index contributed by atoms with van der Waals surface area (Å²) in [6, 6.07) is 6.71. The molecular weight excluding hydrogens is 268 g/mol. The highest BCUT2D eigenvalue weighted by atomic mass is 16.4. The number of amides is 1. The molecule has 0 saturated carbocycles. The number of carbonyl (C=O) groups excluding carboxylic acids is 1. The van der Waals surface area contributed by atoms with Gasteiger partial charge in [0.25, 0.3) is 0 Å². The first-order chi connectivity index (χ1) is 9.97. The van der Waals surface area contributed by atoms with Crippen LogP contribution >= 0.6 is 0 Å². The number of rotatable bonds is 5. The number of benzene rings is 1. The van der Waals surface area contributed by atoms with Crippen molar-refractivity contribution in [3.05, 3.63) is 47.7 Å². The van der Waals surface area contributed by atoms with E-state index in [1.54, 1.807) is 20.0 Å². The molecule has 2 rings (SSSR count). The minimum atomic E-state index is -1.05. The first kappa shape index (κ1) is 14.8. The molecule has 3 N–H and O–H groups in total. The van der Waals surface area contributed by atoms with Crippen LogP contribution in [-0.2, 0) is 16.0 Å². The molecule has 21 heavy (non-hydrogen) atoms. The molecule has 0 unspecified atom stereocenters. The summed E-state index contributed by atoms with van der Waals surface area (Å²) in [4.78, 5) is 26.1. The summed E-state index contributed by atoms with van der Waals surface area (Å²) in [6.07, 6.45) is 3.42. The molecule has 1 atom stereocenters. The van der Waals surface area contributed by atoms with Crippen LogP contribution in [0.25, 0.3) is 10.9 Å². The lowest BCUT2D eigenvalue weighted by molar-refractivity contribution is -0.141. The predicted molar refractivity (Wildman–Crippen MR) is 81.0 cm³/mol. The molecule has 1 aromatic carbocycles. The molecule has 0 aliphatic rings. The number of nitrogens with one attached hydrogen (secondary N) is 2. The Morgan fingerprint density at radius 3 is 2.71 bits per heavy atom. The molecule has 0 aliphatic carbocycles. The quantitative estimate of drug-likeness (QED) is 0.737. The highest BCUT2D eigenvalue weighted by Gasteiger charge is 2.21. The van der Waals surface area contributed by atoms with Crippen LogP contribution in [0.15, 0.2) is 42.1 Å². The van der Waals surface area contributed by atoms with Crippen molar-refractivity contribution in [2.75, 3.05) is 0 Å². The van der Waals surface area contributed by atoms with Gasteiger partial charge < -0.3 is 15.4 Å².